The topological polar surface area (TPSA) is 133 Å². The van der Waals surface area contributed by atoms with E-state index in [0.29, 0.717) is 17.1 Å². The Balaban J connectivity index is 1.87. The van der Waals surface area contributed by atoms with Gasteiger partial charge in [0.05, 0.1) is 25.2 Å². The average Bonchev–Trinajstić information content (AvgIpc) is 2.84. The predicted octanol–water partition coefficient (Wildman–Crippen LogP) is 3.97. The molecule has 0 fully saturated rings. The molecule has 3 N–H and O–H groups in total. The van der Waals surface area contributed by atoms with Crippen molar-refractivity contribution in [3.63, 3.8) is 0 Å². The molecule has 9 nitrogen and oxygen atoms in total. The van der Waals surface area contributed by atoms with Gasteiger partial charge in [0, 0.05) is 5.69 Å². The van der Waals surface area contributed by atoms with Gasteiger partial charge in [-0.25, -0.2) is 4.79 Å². The first-order chi connectivity index (χ1) is 17.2. The van der Waals surface area contributed by atoms with Crippen molar-refractivity contribution in [2.24, 2.45) is 5.73 Å². The normalized spacial score (nSPS) is 15.1. The Bertz CT molecular complexity index is 1270. The lowest BCUT2D eigenvalue weighted by atomic mass is 9.83. The van der Waals surface area contributed by atoms with E-state index in [2.05, 4.69) is 5.32 Å². The fourth-order valence-electron chi connectivity index (χ4n) is 4.00. The summed E-state index contributed by atoms with van der Waals surface area (Å²) in [5.74, 6) is -0.961. The summed E-state index contributed by atoms with van der Waals surface area (Å²) in [7, 11) is 1.45. The van der Waals surface area contributed by atoms with Crippen molar-refractivity contribution in [2.75, 3.05) is 25.6 Å². The third-order valence-corrected chi connectivity index (χ3v) is 5.73. The van der Waals surface area contributed by atoms with Crippen molar-refractivity contribution in [1.82, 2.24) is 0 Å². The van der Waals surface area contributed by atoms with Crippen molar-refractivity contribution in [1.29, 1.82) is 5.26 Å². The smallest absolute Gasteiger partial charge is 0.338 e. The predicted molar refractivity (Wildman–Crippen MR) is 133 cm³/mol. The number of benzene rings is 2. The molecule has 36 heavy (non-hydrogen) atoms. The van der Waals surface area contributed by atoms with Crippen LogP contribution in [-0.4, -0.2) is 32.2 Å². The third kappa shape index (κ3) is 5.44. The monoisotopic (exact) mass is 491 g/mol. The molecule has 2 aromatic carbocycles. The van der Waals surface area contributed by atoms with E-state index in [1.807, 2.05) is 38.1 Å². The lowest BCUT2D eigenvalue weighted by molar-refractivity contribution is -0.139. The fourth-order valence-corrected chi connectivity index (χ4v) is 4.00. The van der Waals surface area contributed by atoms with Gasteiger partial charge in [-0.15, -0.1) is 0 Å². The molecule has 1 atom stereocenters. The van der Waals surface area contributed by atoms with E-state index in [9.17, 15) is 14.9 Å². The Kier molecular flexibility index (Phi) is 8.22. The number of esters is 1. The summed E-state index contributed by atoms with van der Waals surface area (Å²) in [5, 5.41) is 12.6. The number of nitriles is 1. The lowest BCUT2D eigenvalue weighted by Crippen LogP contribution is -2.25. The van der Waals surface area contributed by atoms with E-state index in [-0.39, 0.29) is 41.9 Å². The van der Waals surface area contributed by atoms with Gasteiger partial charge in [-0.3, -0.25) is 4.79 Å². The highest BCUT2D eigenvalue weighted by molar-refractivity contribution is 5.94. The molecule has 0 aromatic heterocycles. The summed E-state index contributed by atoms with van der Waals surface area (Å²) in [6.07, 6.45) is 0. The zero-order valence-corrected chi connectivity index (χ0v) is 20.9. The first-order valence-corrected chi connectivity index (χ1v) is 11.3. The largest absolute Gasteiger partial charge is 0.493 e. The fraction of sp³-hybridized carbons (Fsp3) is 0.296. The van der Waals surface area contributed by atoms with Gasteiger partial charge < -0.3 is 30.0 Å². The van der Waals surface area contributed by atoms with Crippen LogP contribution in [0, 0.1) is 25.2 Å². The molecular weight excluding hydrogens is 462 g/mol. The third-order valence-electron chi connectivity index (χ3n) is 5.73. The first kappa shape index (κ1) is 26.2. The van der Waals surface area contributed by atoms with Gasteiger partial charge in [-0.1, -0.05) is 24.3 Å². The SMILES string of the molecule is CCOC(=O)C1=C(C)OC(N)=C(C#N)C1c1ccc(OCC(=O)Nc2c(C)cccc2C)c(OC)c1. The summed E-state index contributed by atoms with van der Waals surface area (Å²) in [4.78, 5) is 25.3. The van der Waals surface area contributed by atoms with Gasteiger partial charge in [0.25, 0.3) is 5.91 Å². The standard InChI is InChI=1S/C27H29N3O6/c1-6-34-27(32)23-17(4)36-26(29)19(13-28)24(23)18-10-11-20(21(12-18)33-5)35-14-22(31)30-25-15(2)8-7-9-16(25)3/h7-12,24H,6,14,29H2,1-5H3,(H,30,31). The van der Waals surface area contributed by atoms with Crippen LogP contribution in [0.4, 0.5) is 5.69 Å². The van der Waals surface area contributed by atoms with E-state index in [1.54, 1.807) is 32.0 Å². The number of anilines is 1. The Morgan fingerprint density at radius 3 is 2.44 bits per heavy atom. The number of nitrogens with zero attached hydrogens (tertiary/aromatic N) is 1. The van der Waals surface area contributed by atoms with Crippen LogP contribution in [-0.2, 0) is 19.1 Å². The molecule has 0 saturated carbocycles. The van der Waals surface area contributed by atoms with Crippen LogP contribution in [0.25, 0.3) is 0 Å². The average molecular weight is 492 g/mol. The number of methoxy groups -OCH3 is 1. The molecule has 1 heterocycles. The number of hydrogen-bond donors (Lipinski definition) is 2. The molecule has 2 aromatic rings. The maximum absolute atomic E-state index is 12.7. The first-order valence-electron chi connectivity index (χ1n) is 11.3. The second-order valence-electron chi connectivity index (χ2n) is 8.13. The number of aryl methyl sites for hydroxylation is 2. The highest BCUT2D eigenvalue weighted by Crippen LogP contribution is 2.42. The molecule has 1 amide bonds. The molecule has 1 aliphatic rings. The highest BCUT2D eigenvalue weighted by Gasteiger charge is 2.36. The van der Waals surface area contributed by atoms with E-state index in [0.717, 1.165) is 16.8 Å². The minimum Gasteiger partial charge on any atom is -0.493 e. The number of allylic oxidation sites excluding steroid dienone is 2. The molecule has 0 radical (unpaired) electrons. The Morgan fingerprint density at radius 2 is 1.83 bits per heavy atom. The molecule has 0 bridgehead atoms. The zero-order chi connectivity index (χ0) is 26.4. The minimum atomic E-state index is -0.821. The van der Waals surface area contributed by atoms with Crippen LogP contribution in [0.1, 0.15) is 36.5 Å². The number of rotatable bonds is 8. The maximum Gasteiger partial charge on any atom is 0.338 e. The van der Waals surface area contributed by atoms with Crippen molar-refractivity contribution in [3.8, 4) is 17.6 Å². The summed E-state index contributed by atoms with van der Waals surface area (Å²) >= 11 is 0. The van der Waals surface area contributed by atoms with Gasteiger partial charge in [-0.2, -0.15) is 5.26 Å². The van der Waals surface area contributed by atoms with E-state index < -0.39 is 11.9 Å². The van der Waals surface area contributed by atoms with Gasteiger partial charge in [0.1, 0.15) is 17.4 Å². The van der Waals surface area contributed by atoms with Gasteiger partial charge in [0.2, 0.25) is 5.88 Å². The van der Waals surface area contributed by atoms with Crippen molar-refractivity contribution in [3.05, 3.63) is 75.9 Å². The summed E-state index contributed by atoms with van der Waals surface area (Å²) in [6.45, 7) is 7.02. The molecule has 188 valence electrons. The Hall–Kier alpha value is -4.45. The quantitative estimate of drug-likeness (QED) is 0.530. The Labute approximate surface area is 210 Å². The molecule has 0 spiro atoms. The molecule has 1 aliphatic heterocycles. The number of nitrogens with one attached hydrogen (secondary N) is 1. The molecule has 9 heteroatoms. The summed E-state index contributed by atoms with van der Waals surface area (Å²) in [5.41, 5.74) is 9.39. The van der Waals surface area contributed by atoms with Crippen molar-refractivity contribution >= 4 is 17.6 Å². The van der Waals surface area contributed by atoms with E-state index in [4.69, 9.17) is 24.7 Å². The number of nitrogens with two attached hydrogens (primary N) is 1. The summed E-state index contributed by atoms with van der Waals surface area (Å²) < 4.78 is 21.8. The van der Waals surface area contributed by atoms with Crippen LogP contribution in [0.5, 0.6) is 11.5 Å². The highest BCUT2D eigenvalue weighted by atomic mass is 16.5. The van der Waals surface area contributed by atoms with Crippen LogP contribution < -0.4 is 20.5 Å². The summed E-state index contributed by atoms with van der Waals surface area (Å²) in [6, 6.07) is 12.7. The maximum atomic E-state index is 12.7. The van der Waals surface area contributed by atoms with Gasteiger partial charge in [-0.05, 0) is 56.5 Å². The van der Waals surface area contributed by atoms with E-state index >= 15 is 0 Å². The van der Waals surface area contributed by atoms with E-state index in [1.165, 1.54) is 7.11 Å². The van der Waals surface area contributed by atoms with Crippen molar-refractivity contribution < 1.29 is 28.5 Å². The number of amides is 1. The molecule has 1 unspecified atom stereocenters. The lowest BCUT2D eigenvalue weighted by Gasteiger charge is -2.27. The second-order valence-corrected chi connectivity index (χ2v) is 8.13. The van der Waals surface area contributed by atoms with Crippen LogP contribution in [0.15, 0.2) is 59.2 Å². The number of carbonyl (C=O) groups is 2. The number of ether oxygens (including phenoxy) is 4. The molecular formula is C27H29N3O6. The van der Waals surface area contributed by atoms with Gasteiger partial charge in [0.15, 0.2) is 18.1 Å². The number of para-hydroxylation sites is 1. The molecule has 0 saturated heterocycles. The molecule has 3 rings (SSSR count). The van der Waals surface area contributed by atoms with Crippen LogP contribution in [0.2, 0.25) is 0 Å². The van der Waals surface area contributed by atoms with Gasteiger partial charge >= 0.3 is 5.97 Å². The second kappa shape index (κ2) is 11.3. The minimum absolute atomic E-state index is 0.0763. The van der Waals surface area contributed by atoms with Crippen LogP contribution in [0.3, 0.4) is 0 Å². The number of hydrogen-bond acceptors (Lipinski definition) is 8. The van der Waals surface area contributed by atoms with Crippen LogP contribution >= 0.6 is 0 Å². The Morgan fingerprint density at radius 1 is 1.14 bits per heavy atom. The molecule has 0 aliphatic carbocycles. The number of carbonyl (C=O) groups excluding carboxylic acids is 2. The zero-order valence-electron chi connectivity index (χ0n) is 20.9. The van der Waals surface area contributed by atoms with Crippen molar-refractivity contribution in [2.45, 2.75) is 33.6 Å².